The Kier molecular flexibility index (Phi) is 9.53. The Morgan fingerprint density at radius 2 is 1.79 bits per heavy atom. The van der Waals surface area contributed by atoms with Gasteiger partial charge in [-0.1, -0.05) is 51.8 Å². The van der Waals surface area contributed by atoms with Crippen molar-refractivity contribution in [2.24, 2.45) is 0 Å². The zero-order chi connectivity index (χ0) is 21.4. The molecule has 0 heterocycles. The van der Waals surface area contributed by atoms with Crippen molar-refractivity contribution in [1.29, 1.82) is 0 Å². The van der Waals surface area contributed by atoms with Crippen LogP contribution >= 0.6 is 39.3 Å². The number of amides is 2. The zero-order valence-corrected chi connectivity index (χ0v) is 20.0. The third-order valence-corrected chi connectivity index (χ3v) is 6.00. The van der Waals surface area contributed by atoms with Gasteiger partial charge in [-0.25, -0.2) is 0 Å². The van der Waals surface area contributed by atoms with Gasteiger partial charge in [-0.3, -0.25) is 9.59 Å². The summed E-state index contributed by atoms with van der Waals surface area (Å²) in [6.07, 6.45) is 0. The van der Waals surface area contributed by atoms with E-state index in [2.05, 4.69) is 21.2 Å². The van der Waals surface area contributed by atoms with E-state index >= 15 is 0 Å². The summed E-state index contributed by atoms with van der Waals surface area (Å²) < 4.78 is 0.974. The maximum absolute atomic E-state index is 13.0. The predicted molar refractivity (Wildman–Crippen MR) is 125 cm³/mol. The van der Waals surface area contributed by atoms with Gasteiger partial charge in [0, 0.05) is 27.8 Å². The van der Waals surface area contributed by atoms with Crippen LogP contribution in [0.2, 0.25) is 5.02 Å². The lowest BCUT2D eigenvalue weighted by Gasteiger charge is -2.29. The van der Waals surface area contributed by atoms with Crippen molar-refractivity contribution in [2.45, 2.75) is 45.2 Å². The first-order chi connectivity index (χ1) is 13.8. The van der Waals surface area contributed by atoms with Crippen LogP contribution in [0.5, 0.6) is 0 Å². The van der Waals surface area contributed by atoms with Gasteiger partial charge in [-0.15, -0.1) is 11.8 Å². The van der Waals surface area contributed by atoms with Crippen LogP contribution in [0.25, 0.3) is 0 Å². The molecular formula is C22H26BrClN2O2S. The third-order valence-electron chi connectivity index (χ3n) is 4.25. The quantitative estimate of drug-likeness (QED) is 0.513. The van der Waals surface area contributed by atoms with Gasteiger partial charge in [0.05, 0.1) is 5.75 Å². The Morgan fingerprint density at radius 3 is 2.41 bits per heavy atom. The fourth-order valence-corrected chi connectivity index (χ4v) is 4.08. The monoisotopic (exact) mass is 496 g/mol. The molecule has 0 saturated heterocycles. The number of hydrogen-bond donors (Lipinski definition) is 1. The van der Waals surface area contributed by atoms with Gasteiger partial charge in [0.2, 0.25) is 11.8 Å². The average Bonchev–Trinajstić information content (AvgIpc) is 2.66. The van der Waals surface area contributed by atoms with E-state index in [1.165, 1.54) is 11.8 Å². The normalized spacial score (nSPS) is 11.9. The molecule has 2 rings (SSSR count). The Balaban J connectivity index is 2.06. The maximum Gasteiger partial charge on any atom is 0.242 e. The molecule has 1 atom stereocenters. The third kappa shape index (κ3) is 8.03. The summed E-state index contributed by atoms with van der Waals surface area (Å²) in [6, 6.07) is 14.9. The van der Waals surface area contributed by atoms with Crippen molar-refractivity contribution in [3.05, 3.63) is 69.2 Å². The van der Waals surface area contributed by atoms with Crippen LogP contribution in [0.15, 0.2) is 53.0 Å². The van der Waals surface area contributed by atoms with Crippen LogP contribution in [0, 0.1) is 0 Å². The largest absolute Gasteiger partial charge is 0.352 e. The number of benzene rings is 2. The van der Waals surface area contributed by atoms with Crippen molar-refractivity contribution in [3.8, 4) is 0 Å². The van der Waals surface area contributed by atoms with E-state index in [1.54, 1.807) is 11.8 Å². The Bertz CT molecular complexity index is 830. The Hall–Kier alpha value is -1.50. The molecule has 0 unspecified atom stereocenters. The molecule has 7 heteroatoms. The van der Waals surface area contributed by atoms with E-state index in [1.807, 2.05) is 62.4 Å². The minimum Gasteiger partial charge on any atom is -0.352 e. The van der Waals surface area contributed by atoms with E-state index < -0.39 is 6.04 Å². The topological polar surface area (TPSA) is 49.4 Å². The zero-order valence-electron chi connectivity index (χ0n) is 16.8. The fraction of sp³-hybridized carbons (Fsp3) is 0.364. The highest BCUT2D eigenvalue weighted by Crippen LogP contribution is 2.19. The van der Waals surface area contributed by atoms with Crippen molar-refractivity contribution in [1.82, 2.24) is 10.2 Å². The van der Waals surface area contributed by atoms with Gasteiger partial charge >= 0.3 is 0 Å². The van der Waals surface area contributed by atoms with E-state index in [0.717, 1.165) is 15.6 Å². The van der Waals surface area contributed by atoms with Gasteiger partial charge < -0.3 is 10.2 Å². The fourth-order valence-electron chi connectivity index (χ4n) is 2.74. The van der Waals surface area contributed by atoms with E-state index in [9.17, 15) is 9.59 Å². The highest BCUT2D eigenvalue weighted by Gasteiger charge is 2.26. The molecule has 0 saturated carbocycles. The molecule has 0 spiro atoms. The van der Waals surface area contributed by atoms with Gasteiger partial charge in [0.1, 0.15) is 6.04 Å². The Labute approximate surface area is 190 Å². The van der Waals surface area contributed by atoms with Crippen LogP contribution in [0.3, 0.4) is 0 Å². The van der Waals surface area contributed by atoms with Crippen LogP contribution in [-0.2, 0) is 21.9 Å². The number of nitrogens with zero attached hydrogens (tertiary/aromatic N) is 1. The summed E-state index contributed by atoms with van der Waals surface area (Å²) in [5.41, 5.74) is 2.05. The number of thioether (sulfide) groups is 1. The molecule has 2 aromatic carbocycles. The molecule has 0 aliphatic carbocycles. The van der Waals surface area contributed by atoms with Gasteiger partial charge in [0.25, 0.3) is 0 Å². The summed E-state index contributed by atoms with van der Waals surface area (Å²) in [5, 5.41) is 3.58. The summed E-state index contributed by atoms with van der Waals surface area (Å²) in [4.78, 5) is 27.2. The lowest BCUT2D eigenvalue weighted by molar-refractivity contribution is -0.138. The lowest BCUT2D eigenvalue weighted by Crippen LogP contribution is -2.49. The van der Waals surface area contributed by atoms with E-state index in [-0.39, 0.29) is 17.9 Å². The highest BCUT2D eigenvalue weighted by molar-refractivity contribution is 9.10. The number of hydrogen-bond acceptors (Lipinski definition) is 3. The first-order valence-corrected chi connectivity index (χ1v) is 11.8. The number of carbonyl (C=O) groups excluding carboxylic acids is 2. The molecule has 29 heavy (non-hydrogen) atoms. The first-order valence-electron chi connectivity index (χ1n) is 9.42. The van der Waals surface area contributed by atoms with Crippen molar-refractivity contribution >= 4 is 51.1 Å². The molecule has 0 aliphatic heterocycles. The van der Waals surface area contributed by atoms with Crippen molar-refractivity contribution < 1.29 is 9.59 Å². The molecule has 2 amide bonds. The van der Waals surface area contributed by atoms with Crippen molar-refractivity contribution in [2.75, 3.05) is 5.75 Å². The highest BCUT2D eigenvalue weighted by atomic mass is 79.9. The van der Waals surface area contributed by atoms with Crippen LogP contribution < -0.4 is 5.32 Å². The summed E-state index contributed by atoms with van der Waals surface area (Å²) in [6.45, 7) is 5.98. The number of nitrogens with one attached hydrogen (secondary N) is 1. The second kappa shape index (κ2) is 11.6. The minimum atomic E-state index is -0.555. The second-order valence-electron chi connectivity index (χ2n) is 7.11. The van der Waals surface area contributed by atoms with E-state index in [0.29, 0.717) is 23.1 Å². The molecule has 0 bridgehead atoms. The lowest BCUT2D eigenvalue weighted by atomic mass is 10.1. The van der Waals surface area contributed by atoms with Crippen LogP contribution in [0.1, 0.15) is 31.9 Å². The number of halogens is 2. The molecular weight excluding hydrogens is 472 g/mol. The number of carbonyl (C=O) groups is 2. The standard InChI is InChI=1S/C22H26BrClN2O2S/c1-15(2)25-22(28)16(3)26(12-17-7-9-19(23)10-8-17)21(27)14-29-13-18-5-4-6-20(24)11-18/h4-11,15-16H,12-14H2,1-3H3,(H,25,28)/t16-/m0/s1. The van der Waals surface area contributed by atoms with Gasteiger partial charge in [-0.2, -0.15) is 0 Å². The molecule has 0 fully saturated rings. The summed E-state index contributed by atoms with van der Waals surface area (Å²) in [7, 11) is 0. The molecule has 2 aromatic rings. The maximum atomic E-state index is 13.0. The van der Waals surface area contributed by atoms with Crippen LogP contribution in [0.4, 0.5) is 0 Å². The molecule has 0 aromatic heterocycles. The van der Waals surface area contributed by atoms with E-state index in [4.69, 9.17) is 11.6 Å². The smallest absolute Gasteiger partial charge is 0.242 e. The second-order valence-corrected chi connectivity index (χ2v) is 9.45. The molecule has 4 nitrogen and oxygen atoms in total. The molecule has 0 radical (unpaired) electrons. The first kappa shape index (κ1) is 23.8. The van der Waals surface area contributed by atoms with Gasteiger partial charge in [0.15, 0.2) is 0 Å². The predicted octanol–water partition coefficient (Wildman–Crippen LogP) is 5.28. The van der Waals surface area contributed by atoms with Crippen molar-refractivity contribution in [3.63, 3.8) is 0 Å². The molecule has 1 N–H and O–H groups in total. The molecule has 0 aliphatic rings. The minimum absolute atomic E-state index is 0.0202. The average molecular weight is 498 g/mol. The SMILES string of the molecule is CC(C)NC(=O)[C@H](C)N(Cc1ccc(Br)cc1)C(=O)CSCc1cccc(Cl)c1. The summed E-state index contributed by atoms with van der Waals surface area (Å²) in [5.74, 6) is 0.768. The van der Waals surface area contributed by atoms with Crippen LogP contribution in [-0.4, -0.2) is 34.6 Å². The number of rotatable bonds is 9. The van der Waals surface area contributed by atoms with Gasteiger partial charge in [-0.05, 0) is 56.2 Å². The Morgan fingerprint density at radius 1 is 1.10 bits per heavy atom. The summed E-state index contributed by atoms with van der Waals surface area (Å²) >= 11 is 11.0. The molecule has 156 valence electrons.